The molecule has 0 aliphatic carbocycles. The third-order valence-corrected chi connectivity index (χ3v) is 2.20. The van der Waals surface area contributed by atoms with E-state index < -0.39 is 36.9 Å². The summed E-state index contributed by atoms with van der Waals surface area (Å²) >= 11 is 0. The summed E-state index contributed by atoms with van der Waals surface area (Å²) in [5, 5.41) is 44.0. The molecule has 9 nitrogen and oxygen atoms in total. The number of nitrogens with two attached hydrogens (primary N) is 2. The third kappa shape index (κ3) is 10.0. The molecule has 0 radical (unpaired) electrons. The first kappa shape index (κ1) is 21.5. The standard InChI is InChI=1S/C6H13NO6.C5H14N2/c7-6(13)5(12)4(11)3(10)2(9)1-8;1-5(6)4-7(2)3/h2-5,8-12H,1H2,(H2,7,13);5H,4,6H2,1-3H3/t2-,3-,4+,5-;/m1./s1. The van der Waals surface area contributed by atoms with Crippen molar-refractivity contribution in [2.45, 2.75) is 37.4 Å². The molecule has 0 fully saturated rings. The zero-order valence-electron chi connectivity index (χ0n) is 12.0. The number of carbonyl (C=O) groups is 1. The van der Waals surface area contributed by atoms with Crippen molar-refractivity contribution in [1.29, 1.82) is 0 Å². The number of carbonyl (C=O) groups excluding carboxylic acids is 1. The van der Waals surface area contributed by atoms with Crippen LogP contribution in [0.25, 0.3) is 0 Å². The highest BCUT2D eigenvalue weighted by atomic mass is 16.4. The quantitative estimate of drug-likeness (QED) is 0.247. The first-order valence-electron chi connectivity index (χ1n) is 6.07. The van der Waals surface area contributed by atoms with E-state index in [1.807, 2.05) is 21.0 Å². The van der Waals surface area contributed by atoms with Gasteiger partial charge in [0, 0.05) is 12.6 Å². The summed E-state index contributed by atoms with van der Waals surface area (Å²) in [7, 11) is 4.03. The van der Waals surface area contributed by atoms with Crippen molar-refractivity contribution in [1.82, 2.24) is 4.90 Å². The van der Waals surface area contributed by atoms with Gasteiger partial charge in [0.1, 0.15) is 18.3 Å². The van der Waals surface area contributed by atoms with Gasteiger partial charge in [0.2, 0.25) is 5.91 Å². The lowest BCUT2D eigenvalue weighted by Crippen LogP contribution is -2.50. The highest BCUT2D eigenvalue weighted by molar-refractivity contribution is 5.79. The molecule has 20 heavy (non-hydrogen) atoms. The molecule has 0 heterocycles. The summed E-state index contributed by atoms with van der Waals surface area (Å²) in [4.78, 5) is 12.4. The predicted molar refractivity (Wildman–Crippen MR) is 72.5 cm³/mol. The summed E-state index contributed by atoms with van der Waals surface area (Å²) in [6, 6.07) is 0.301. The van der Waals surface area contributed by atoms with Crippen LogP contribution >= 0.6 is 0 Å². The predicted octanol–water partition coefficient (Wildman–Crippen LogP) is -4.20. The van der Waals surface area contributed by atoms with Crippen LogP contribution in [0.4, 0.5) is 0 Å². The van der Waals surface area contributed by atoms with Gasteiger partial charge in [0.25, 0.3) is 0 Å². The smallest absolute Gasteiger partial charge is 0.249 e. The number of aliphatic hydroxyl groups is 5. The second kappa shape index (κ2) is 10.9. The number of nitrogens with zero attached hydrogens (tertiary/aromatic N) is 1. The van der Waals surface area contributed by atoms with Gasteiger partial charge < -0.3 is 41.9 Å². The van der Waals surface area contributed by atoms with Crippen LogP contribution in [0.3, 0.4) is 0 Å². The van der Waals surface area contributed by atoms with Crippen LogP contribution in [0.2, 0.25) is 0 Å². The van der Waals surface area contributed by atoms with Gasteiger partial charge in [-0.1, -0.05) is 0 Å². The molecule has 0 bridgehead atoms. The van der Waals surface area contributed by atoms with E-state index in [2.05, 4.69) is 10.6 Å². The van der Waals surface area contributed by atoms with Crippen molar-refractivity contribution in [3.8, 4) is 0 Å². The first-order chi connectivity index (χ1) is 9.04. The molecule has 1 amide bonds. The Morgan fingerprint density at radius 1 is 1.15 bits per heavy atom. The van der Waals surface area contributed by atoms with E-state index in [0.29, 0.717) is 6.04 Å². The van der Waals surface area contributed by atoms with Gasteiger partial charge in [0.15, 0.2) is 6.10 Å². The monoisotopic (exact) mass is 297 g/mol. The molecular weight excluding hydrogens is 270 g/mol. The number of aliphatic hydroxyl groups excluding tert-OH is 5. The topological polar surface area (TPSA) is 173 Å². The SMILES string of the molecule is CC(N)CN(C)C.NC(=O)[C@H](O)[C@@H](O)[C@H](O)[C@H](O)CO. The maximum Gasteiger partial charge on any atom is 0.249 e. The summed E-state index contributed by atoms with van der Waals surface area (Å²) in [6.07, 6.45) is -7.35. The van der Waals surface area contributed by atoms with Crippen molar-refractivity contribution in [3.63, 3.8) is 0 Å². The van der Waals surface area contributed by atoms with E-state index in [-0.39, 0.29) is 0 Å². The van der Waals surface area contributed by atoms with E-state index in [0.717, 1.165) is 6.54 Å². The molecule has 0 saturated heterocycles. The number of hydrogen-bond donors (Lipinski definition) is 7. The van der Waals surface area contributed by atoms with E-state index in [9.17, 15) is 4.79 Å². The molecule has 0 saturated carbocycles. The molecule has 0 aromatic heterocycles. The molecule has 9 heteroatoms. The number of rotatable bonds is 7. The van der Waals surface area contributed by atoms with Gasteiger partial charge in [-0.15, -0.1) is 0 Å². The molecule has 0 aliphatic heterocycles. The summed E-state index contributed by atoms with van der Waals surface area (Å²) in [6.45, 7) is 2.17. The largest absolute Gasteiger partial charge is 0.394 e. The molecular formula is C11H27N3O6. The minimum Gasteiger partial charge on any atom is -0.394 e. The molecule has 9 N–H and O–H groups in total. The fourth-order valence-electron chi connectivity index (χ4n) is 1.27. The maximum atomic E-state index is 10.3. The van der Waals surface area contributed by atoms with Gasteiger partial charge in [-0.05, 0) is 21.0 Å². The molecule has 0 aromatic rings. The summed E-state index contributed by atoms with van der Waals surface area (Å²) in [5.41, 5.74) is 10.1. The number of hydrogen-bond acceptors (Lipinski definition) is 8. The fourth-order valence-corrected chi connectivity index (χ4v) is 1.27. The van der Waals surface area contributed by atoms with E-state index in [1.165, 1.54) is 0 Å². The Balaban J connectivity index is 0. The highest BCUT2D eigenvalue weighted by Gasteiger charge is 2.32. The van der Waals surface area contributed by atoms with E-state index in [1.54, 1.807) is 0 Å². The Morgan fingerprint density at radius 2 is 1.60 bits per heavy atom. The van der Waals surface area contributed by atoms with E-state index in [4.69, 9.17) is 31.3 Å². The second-order valence-corrected chi connectivity index (χ2v) is 4.82. The Kier molecular flexibility index (Phi) is 11.7. The van der Waals surface area contributed by atoms with Gasteiger partial charge in [-0.2, -0.15) is 0 Å². The number of likely N-dealkylation sites (N-methyl/N-ethyl adjacent to an activating group) is 1. The van der Waals surface area contributed by atoms with Crippen LogP contribution in [0.1, 0.15) is 6.92 Å². The van der Waals surface area contributed by atoms with Crippen LogP contribution in [0.5, 0.6) is 0 Å². The normalized spacial score (nSPS) is 18.5. The van der Waals surface area contributed by atoms with Gasteiger partial charge in [-0.25, -0.2) is 0 Å². The Morgan fingerprint density at radius 3 is 1.80 bits per heavy atom. The van der Waals surface area contributed by atoms with Crippen LogP contribution in [-0.2, 0) is 4.79 Å². The van der Waals surface area contributed by atoms with Crippen LogP contribution in [0.15, 0.2) is 0 Å². The second-order valence-electron chi connectivity index (χ2n) is 4.82. The lowest BCUT2D eigenvalue weighted by atomic mass is 10.0. The maximum absolute atomic E-state index is 10.3. The Labute approximate surface area is 118 Å². The van der Waals surface area contributed by atoms with Crippen LogP contribution in [0, 0.1) is 0 Å². The Hall–Kier alpha value is -0.810. The Bertz CT molecular complexity index is 259. The molecule has 0 rings (SSSR count). The molecule has 122 valence electrons. The average Bonchev–Trinajstić information content (AvgIpc) is 2.33. The highest BCUT2D eigenvalue weighted by Crippen LogP contribution is 2.04. The van der Waals surface area contributed by atoms with Crippen molar-refractivity contribution >= 4 is 5.91 Å². The van der Waals surface area contributed by atoms with Gasteiger partial charge in [0.05, 0.1) is 6.61 Å². The van der Waals surface area contributed by atoms with Crippen LogP contribution in [-0.4, -0.2) is 94.0 Å². The minimum absolute atomic E-state index is 0.301. The van der Waals surface area contributed by atoms with Crippen LogP contribution < -0.4 is 11.5 Å². The number of amides is 1. The van der Waals surface area contributed by atoms with Crippen molar-refractivity contribution in [3.05, 3.63) is 0 Å². The zero-order valence-corrected chi connectivity index (χ0v) is 12.0. The molecule has 0 aromatic carbocycles. The summed E-state index contributed by atoms with van der Waals surface area (Å²) in [5.74, 6) is -1.23. The molecule has 5 atom stereocenters. The molecule has 1 unspecified atom stereocenters. The van der Waals surface area contributed by atoms with Crippen molar-refractivity contribution in [2.24, 2.45) is 11.5 Å². The minimum atomic E-state index is -1.98. The lowest BCUT2D eigenvalue weighted by Gasteiger charge is -2.23. The van der Waals surface area contributed by atoms with Gasteiger partial charge in [-0.3, -0.25) is 4.79 Å². The van der Waals surface area contributed by atoms with Crippen molar-refractivity contribution in [2.75, 3.05) is 27.2 Å². The zero-order chi connectivity index (χ0) is 16.5. The number of primary amides is 1. The third-order valence-electron chi connectivity index (χ3n) is 2.20. The van der Waals surface area contributed by atoms with Crippen molar-refractivity contribution < 1.29 is 30.3 Å². The summed E-state index contributed by atoms with van der Waals surface area (Å²) < 4.78 is 0. The van der Waals surface area contributed by atoms with E-state index >= 15 is 0 Å². The molecule has 0 aliphatic rings. The average molecular weight is 297 g/mol. The fraction of sp³-hybridized carbons (Fsp3) is 0.909. The molecule has 0 spiro atoms. The first-order valence-corrected chi connectivity index (χ1v) is 6.07. The lowest BCUT2D eigenvalue weighted by molar-refractivity contribution is -0.146. The van der Waals surface area contributed by atoms with Gasteiger partial charge >= 0.3 is 0 Å².